The lowest BCUT2D eigenvalue weighted by Gasteiger charge is -2.14. The summed E-state index contributed by atoms with van der Waals surface area (Å²) in [7, 11) is 0. The maximum atomic E-state index is 13.5. The van der Waals surface area contributed by atoms with E-state index in [0.29, 0.717) is 24.3 Å². The van der Waals surface area contributed by atoms with Crippen molar-refractivity contribution >= 4 is 5.91 Å². The molecular formula is C14H16F2N2O3. The molecule has 5 nitrogen and oxygen atoms in total. The van der Waals surface area contributed by atoms with Crippen molar-refractivity contribution in [2.45, 2.75) is 43.8 Å². The molecule has 0 radical (unpaired) electrons. The highest BCUT2D eigenvalue weighted by molar-refractivity contribution is 5.95. The maximum Gasteiger partial charge on any atom is 0.256 e. The van der Waals surface area contributed by atoms with Gasteiger partial charge in [-0.2, -0.15) is 0 Å². The maximum absolute atomic E-state index is 13.5. The molecule has 3 aliphatic rings. The zero-order valence-electron chi connectivity index (χ0n) is 11.4. The summed E-state index contributed by atoms with van der Waals surface area (Å²) in [6.07, 6.45) is 3.15. The summed E-state index contributed by atoms with van der Waals surface area (Å²) in [6, 6.07) is -0.423. The predicted molar refractivity (Wildman–Crippen MR) is 66.8 cm³/mol. The summed E-state index contributed by atoms with van der Waals surface area (Å²) in [6.45, 7) is 0.636. The van der Waals surface area contributed by atoms with Gasteiger partial charge in [0.05, 0.1) is 0 Å². The molecule has 0 aromatic carbocycles. The van der Waals surface area contributed by atoms with Gasteiger partial charge in [0.25, 0.3) is 11.8 Å². The van der Waals surface area contributed by atoms with Crippen LogP contribution in [0.15, 0.2) is 10.8 Å². The van der Waals surface area contributed by atoms with Gasteiger partial charge in [0, 0.05) is 25.0 Å². The van der Waals surface area contributed by atoms with E-state index < -0.39 is 23.8 Å². The number of alkyl halides is 2. The first-order valence-corrected chi connectivity index (χ1v) is 7.32. The minimum Gasteiger partial charge on any atom is -0.372 e. The number of carbonyl (C=O) groups is 1. The highest BCUT2D eigenvalue weighted by Gasteiger charge is 2.68. The third-order valence-corrected chi connectivity index (χ3v) is 4.84. The summed E-state index contributed by atoms with van der Waals surface area (Å²) >= 11 is 0. The van der Waals surface area contributed by atoms with Crippen LogP contribution >= 0.6 is 0 Å². The van der Waals surface area contributed by atoms with E-state index in [1.54, 1.807) is 0 Å². The molecule has 7 heteroatoms. The van der Waals surface area contributed by atoms with Gasteiger partial charge < -0.3 is 14.6 Å². The van der Waals surface area contributed by atoms with E-state index in [1.807, 2.05) is 0 Å². The van der Waals surface area contributed by atoms with Gasteiger partial charge in [-0.3, -0.25) is 4.79 Å². The number of halogens is 2. The number of aromatic nitrogens is 1. The van der Waals surface area contributed by atoms with E-state index >= 15 is 0 Å². The Balaban J connectivity index is 1.46. The second-order valence-electron chi connectivity index (χ2n) is 6.10. The Bertz CT molecular complexity index is 568. The smallest absolute Gasteiger partial charge is 0.256 e. The molecule has 114 valence electrons. The Hall–Kier alpha value is -1.50. The molecule has 2 heterocycles. The minimum atomic E-state index is -2.64. The average molecular weight is 298 g/mol. The Kier molecular flexibility index (Phi) is 2.82. The van der Waals surface area contributed by atoms with Crippen molar-refractivity contribution in [1.82, 2.24) is 10.5 Å². The number of carbonyl (C=O) groups excluding carboxylic acids is 1. The molecule has 1 N–H and O–H groups in total. The number of ether oxygens (including phenoxy) is 1. The van der Waals surface area contributed by atoms with Gasteiger partial charge in [-0.1, -0.05) is 5.16 Å². The zero-order valence-corrected chi connectivity index (χ0v) is 11.4. The number of rotatable bonds is 3. The van der Waals surface area contributed by atoms with Crippen LogP contribution in [-0.2, 0) is 4.74 Å². The SMILES string of the molecule is O=C(N[C@@H]1[C@H]2CCC(F)(F)[C@H]21)c1conc1C1CCCO1. The first-order valence-electron chi connectivity index (χ1n) is 7.32. The number of amides is 1. The standard InChI is InChI=1S/C14H16F2N2O3/c15-14(16)4-3-7-10(14)12(7)17-13(19)8-6-21-18-11(8)9-2-1-5-20-9/h6-7,9-10,12H,1-5H2,(H,17,19)/t7-,9?,10+,12+/m0/s1. The molecule has 2 aliphatic carbocycles. The van der Waals surface area contributed by atoms with Crippen LogP contribution in [0.4, 0.5) is 8.78 Å². The molecule has 1 aliphatic heterocycles. The van der Waals surface area contributed by atoms with Crippen molar-refractivity contribution in [2.24, 2.45) is 11.8 Å². The van der Waals surface area contributed by atoms with Crippen LogP contribution in [0.1, 0.15) is 47.8 Å². The second-order valence-corrected chi connectivity index (χ2v) is 6.10. The summed E-state index contributed by atoms with van der Waals surface area (Å²) in [5.74, 6) is -3.83. The number of nitrogens with zero attached hydrogens (tertiary/aromatic N) is 1. The van der Waals surface area contributed by atoms with Crippen molar-refractivity contribution < 1.29 is 22.8 Å². The van der Waals surface area contributed by atoms with E-state index in [2.05, 4.69) is 10.5 Å². The number of nitrogens with one attached hydrogen (secondary N) is 1. The van der Waals surface area contributed by atoms with E-state index in [0.717, 1.165) is 12.8 Å². The normalized spacial score (nSPS) is 36.5. The molecule has 1 unspecified atom stereocenters. The zero-order chi connectivity index (χ0) is 14.6. The van der Waals surface area contributed by atoms with Crippen LogP contribution in [0.25, 0.3) is 0 Å². The average Bonchev–Trinajstić information content (AvgIpc) is 2.89. The van der Waals surface area contributed by atoms with Gasteiger partial charge >= 0.3 is 0 Å². The van der Waals surface area contributed by atoms with Crippen molar-refractivity contribution in [1.29, 1.82) is 0 Å². The molecule has 4 rings (SSSR count). The molecule has 4 atom stereocenters. The van der Waals surface area contributed by atoms with Gasteiger partial charge in [0.1, 0.15) is 23.6 Å². The minimum absolute atomic E-state index is 0.0663. The van der Waals surface area contributed by atoms with Gasteiger partial charge in [-0.05, 0) is 25.2 Å². The third kappa shape index (κ3) is 2.06. The molecule has 1 amide bonds. The lowest BCUT2D eigenvalue weighted by molar-refractivity contribution is -0.0178. The topological polar surface area (TPSA) is 64.4 Å². The lowest BCUT2D eigenvalue weighted by Crippen LogP contribution is -2.33. The second kappa shape index (κ2) is 4.50. The first-order chi connectivity index (χ1) is 10.1. The van der Waals surface area contributed by atoms with Crippen LogP contribution in [0.2, 0.25) is 0 Å². The van der Waals surface area contributed by atoms with Gasteiger partial charge in [0.15, 0.2) is 0 Å². The number of hydrogen-bond donors (Lipinski definition) is 1. The lowest BCUT2D eigenvalue weighted by atomic mass is 10.1. The monoisotopic (exact) mass is 298 g/mol. The summed E-state index contributed by atoms with van der Waals surface area (Å²) < 4.78 is 37.5. The van der Waals surface area contributed by atoms with Crippen LogP contribution < -0.4 is 5.32 Å². The molecule has 1 aromatic heterocycles. The fourth-order valence-corrected chi connectivity index (χ4v) is 3.70. The highest BCUT2D eigenvalue weighted by atomic mass is 19.3. The van der Waals surface area contributed by atoms with E-state index in [9.17, 15) is 13.6 Å². The van der Waals surface area contributed by atoms with Crippen LogP contribution in [-0.4, -0.2) is 29.6 Å². The van der Waals surface area contributed by atoms with Gasteiger partial charge in [-0.25, -0.2) is 8.78 Å². The Labute approximate surface area is 120 Å². The summed E-state index contributed by atoms with van der Waals surface area (Å²) in [5.41, 5.74) is 0.776. The summed E-state index contributed by atoms with van der Waals surface area (Å²) in [4.78, 5) is 12.3. The highest BCUT2D eigenvalue weighted by Crippen LogP contribution is 2.60. The summed E-state index contributed by atoms with van der Waals surface area (Å²) in [5, 5.41) is 6.54. The molecule has 3 fully saturated rings. The third-order valence-electron chi connectivity index (χ3n) is 4.84. The molecule has 1 aromatic rings. The Morgan fingerprint density at radius 3 is 2.95 bits per heavy atom. The van der Waals surface area contributed by atoms with E-state index in [-0.39, 0.29) is 18.4 Å². The molecule has 2 saturated carbocycles. The van der Waals surface area contributed by atoms with Crippen LogP contribution in [0.3, 0.4) is 0 Å². The largest absolute Gasteiger partial charge is 0.372 e. The van der Waals surface area contributed by atoms with Crippen molar-refractivity contribution in [2.75, 3.05) is 6.61 Å². The van der Waals surface area contributed by atoms with Crippen LogP contribution in [0, 0.1) is 11.8 Å². The van der Waals surface area contributed by atoms with E-state index in [1.165, 1.54) is 6.26 Å². The number of hydrogen-bond acceptors (Lipinski definition) is 4. The van der Waals surface area contributed by atoms with Gasteiger partial charge in [-0.15, -0.1) is 0 Å². The fourth-order valence-electron chi connectivity index (χ4n) is 3.70. The fraction of sp³-hybridized carbons (Fsp3) is 0.714. The molecular weight excluding hydrogens is 282 g/mol. The first kappa shape index (κ1) is 13.2. The molecule has 1 saturated heterocycles. The molecule has 21 heavy (non-hydrogen) atoms. The van der Waals surface area contributed by atoms with Crippen molar-refractivity contribution in [3.63, 3.8) is 0 Å². The Morgan fingerprint density at radius 1 is 1.43 bits per heavy atom. The van der Waals surface area contributed by atoms with Crippen molar-refractivity contribution in [3.8, 4) is 0 Å². The Morgan fingerprint density at radius 2 is 2.29 bits per heavy atom. The predicted octanol–water partition coefficient (Wildman–Crippen LogP) is 2.30. The van der Waals surface area contributed by atoms with Crippen molar-refractivity contribution in [3.05, 3.63) is 17.5 Å². The van der Waals surface area contributed by atoms with Crippen LogP contribution in [0.5, 0.6) is 0 Å². The molecule has 0 spiro atoms. The van der Waals surface area contributed by atoms with Gasteiger partial charge in [0.2, 0.25) is 0 Å². The van der Waals surface area contributed by atoms with E-state index in [4.69, 9.17) is 9.26 Å². The number of fused-ring (bicyclic) bond motifs is 1. The quantitative estimate of drug-likeness (QED) is 0.930. The molecule has 0 bridgehead atoms.